The van der Waals surface area contributed by atoms with Gasteiger partial charge < -0.3 is 14.2 Å². The highest BCUT2D eigenvalue weighted by Crippen LogP contribution is 2.41. The first-order valence-corrected chi connectivity index (χ1v) is 12.4. The van der Waals surface area contributed by atoms with E-state index in [1.807, 2.05) is 12.1 Å². The Balaban J connectivity index is 1.28. The maximum atomic E-state index is 14.7. The van der Waals surface area contributed by atoms with Gasteiger partial charge in [0, 0.05) is 24.0 Å². The zero-order chi connectivity index (χ0) is 24.7. The number of fused-ring (bicyclic) bond motifs is 1. The molecular formula is C25H24F5NO3S. The Hall–Kier alpha value is -2.30. The van der Waals surface area contributed by atoms with Crippen LogP contribution in [0.4, 0.5) is 22.0 Å². The minimum Gasteiger partial charge on any atom is -0.427 e. The molecule has 2 aromatic carbocycles. The summed E-state index contributed by atoms with van der Waals surface area (Å²) in [7, 11) is 0. The number of rotatable bonds is 5. The monoisotopic (exact) mass is 513 g/mol. The van der Waals surface area contributed by atoms with Crippen molar-refractivity contribution < 1.29 is 36.2 Å². The van der Waals surface area contributed by atoms with Crippen molar-refractivity contribution in [2.45, 2.75) is 50.9 Å². The highest BCUT2D eigenvalue weighted by Gasteiger charge is 2.39. The van der Waals surface area contributed by atoms with Crippen LogP contribution in [0.1, 0.15) is 49.1 Å². The Bertz CT molecular complexity index is 1180. The lowest BCUT2D eigenvalue weighted by Gasteiger charge is -2.37. The summed E-state index contributed by atoms with van der Waals surface area (Å²) in [6.45, 7) is 3.53. The number of alkyl halides is 2. The van der Waals surface area contributed by atoms with Gasteiger partial charge in [-0.3, -0.25) is 0 Å². The van der Waals surface area contributed by atoms with Crippen molar-refractivity contribution in [3.05, 3.63) is 58.4 Å². The van der Waals surface area contributed by atoms with Gasteiger partial charge in [0.15, 0.2) is 23.7 Å². The zero-order valence-electron chi connectivity index (χ0n) is 18.9. The molecule has 0 spiro atoms. The summed E-state index contributed by atoms with van der Waals surface area (Å²) >= 11 is 0.749. The smallest absolute Gasteiger partial charge is 0.427 e. The van der Waals surface area contributed by atoms with Crippen molar-refractivity contribution in [1.29, 1.82) is 0 Å². The predicted molar refractivity (Wildman–Crippen MR) is 120 cm³/mol. The third-order valence-electron chi connectivity index (χ3n) is 6.58. The highest BCUT2D eigenvalue weighted by molar-refractivity contribution is 7.18. The maximum absolute atomic E-state index is 14.7. The van der Waals surface area contributed by atoms with Crippen LogP contribution in [0.25, 0.3) is 10.2 Å². The van der Waals surface area contributed by atoms with Crippen molar-refractivity contribution in [2.24, 2.45) is 11.8 Å². The van der Waals surface area contributed by atoms with Crippen LogP contribution < -0.4 is 4.74 Å². The minimum absolute atomic E-state index is 0.149. The van der Waals surface area contributed by atoms with Gasteiger partial charge in [0.2, 0.25) is 5.01 Å². The molecule has 0 atom stereocenters. The Morgan fingerprint density at radius 1 is 0.971 bits per heavy atom. The van der Waals surface area contributed by atoms with E-state index < -0.39 is 34.3 Å². The summed E-state index contributed by atoms with van der Waals surface area (Å²) in [5.41, 5.74) is 1.43. The van der Waals surface area contributed by atoms with Crippen LogP contribution in [0.3, 0.4) is 0 Å². The van der Waals surface area contributed by atoms with Gasteiger partial charge in [-0.2, -0.15) is 8.78 Å². The standard InChI is InChI=1S/C25H24F5NO3S/c1-13-11-32-23(33-12-13)15-4-2-14(3-5-15)16-6-7-20-21(8-16)35-24(31-20)25(29,30)34-17-9-18(26)22(28)19(27)10-17/h6-10,13-15,23H,2-5,11-12H2,1H3. The van der Waals surface area contributed by atoms with E-state index in [9.17, 15) is 22.0 Å². The first-order valence-electron chi connectivity index (χ1n) is 11.5. The normalized spacial score (nSPS) is 25.7. The fourth-order valence-electron chi connectivity index (χ4n) is 4.71. The fraction of sp³-hybridized carbons (Fsp3) is 0.480. The van der Waals surface area contributed by atoms with Crippen LogP contribution in [0, 0.1) is 29.3 Å². The minimum atomic E-state index is -3.95. The topological polar surface area (TPSA) is 40.6 Å². The number of aromatic nitrogens is 1. The van der Waals surface area contributed by atoms with Crippen LogP contribution in [0.15, 0.2) is 30.3 Å². The Kier molecular flexibility index (Phi) is 6.71. The summed E-state index contributed by atoms with van der Waals surface area (Å²) < 4.78 is 86.1. The first kappa shape index (κ1) is 24.4. The van der Waals surface area contributed by atoms with E-state index in [0.717, 1.165) is 42.6 Å². The van der Waals surface area contributed by atoms with E-state index in [1.54, 1.807) is 6.07 Å². The lowest BCUT2D eigenvalue weighted by Crippen LogP contribution is -2.37. The predicted octanol–water partition coefficient (Wildman–Crippen LogP) is 7.12. The largest absolute Gasteiger partial charge is 0.454 e. The van der Waals surface area contributed by atoms with Crippen LogP contribution in [0.5, 0.6) is 5.75 Å². The van der Waals surface area contributed by atoms with Crippen LogP contribution in [-0.4, -0.2) is 24.5 Å². The van der Waals surface area contributed by atoms with E-state index in [4.69, 9.17) is 9.47 Å². The Morgan fingerprint density at radius 3 is 2.29 bits per heavy atom. The summed E-state index contributed by atoms with van der Waals surface area (Å²) in [4.78, 5) is 3.96. The average Bonchev–Trinajstić information content (AvgIpc) is 3.28. The van der Waals surface area contributed by atoms with Crippen molar-refractivity contribution >= 4 is 21.6 Å². The molecule has 2 heterocycles. The molecule has 3 aromatic rings. The number of nitrogens with zero attached hydrogens (tertiary/aromatic N) is 1. The summed E-state index contributed by atoms with van der Waals surface area (Å²) in [5, 5.41) is -0.653. The molecule has 0 N–H and O–H groups in total. The molecule has 0 amide bonds. The third-order valence-corrected chi connectivity index (χ3v) is 7.65. The van der Waals surface area contributed by atoms with Gasteiger partial charge in [0.05, 0.1) is 23.4 Å². The van der Waals surface area contributed by atoms with E-state index in [0.29, 0.717) is 53.3 Å². The second-order valence-electron chi connectivity index (χ2n) is 9.32. The number of hydrogen-bond acceptors (Lipinski definition) is 5. The second-order valence-corrected chi connectivity index (χ2v) is 10.3. The number of halogens is 5. The molecule has 188 valence electrons. The van der Waals surface area contributed by atoms with Crippen LogP contribution in [0.2, 0.25) is 0 Å². The molecule has 2 fully saturated rings. The molecule has 1 aromatic heterocycles. The van der Waals surface area contributed by atoms with E-state index in [2.05, 4.69) is 16.6 Å². The Morgan fingerprint density at radius 2 is 1.63 bits per heavy atom. The molecule has 2 aliphatic rings. The first-order chi connectivity index (χ1) is 16.7. The molecule has 1 saturated heterocycles. The number of thiazole rings is 1. The maximum Gasteiger partial charge on any atom is 0.454 e. The van der Waals surface area contributed by atoms with Crippen LogP contribution >= 0.6 is 11.3 Å². The molecule has 1 saturated carbocycles. The molecule has 1 aliphatic heterocycles. The van der Waals surface area contributed by atoms with Gasteiger partial charge in [0.1, 0.15) is 5.75 Å². The number of ether oxygens (including phenoxy) is 3. The highest BCUT2D eigenvalue weighted by atomic mass is 32.1. The van der Waals surface area contributed by atoms with E-state index in [-0.39, 0.29) is 6.29 Å². The molecule has 0 radical (unpaired) electrons. The van der Waals surface area contributed by atoms with Crippen molar-refractivity contribution in [3.8, 4) is 5.75 Å². The third kappa shape index (κ3) is 5.15. The average molecular weight is 514 g/mol. The van der Waals surface area contributed by atoms with Crippen molar-refractivity contribution in [3.63, 3.8) is 0 Å². The van der Waals surface area contributed by atoms with Crippen molar-refractivity contribution in [2.75, 3.05) is 13.2 Å². The van der Waals surface area contributed by atoms with Crippen molar-refractivity contribution in [1.82, 2.24) is 4.98 Å². The molecule has 4 nitrogen and oxygen atoms in total. The van der Waals surface area contributed by atoms with Crippen LogP contribution in [-0.2, 0) is 15.6 Å². The lowest BCUT2D eigenvalue weighted by atomic mass is 9.78. The number of benzene rings is 2. The van der Waals surface area contributed by atoms with Gasteiger partial charge in [-0.1, -0.05) is 13.0 Å². The SMILES string of the molecule is CC1COC(C2CCC(c3ccc4nc(C(F)(F)Oc5cc(F)c(F)c(F)c5)sc4c3)CC2)OC1. The molecule has 35 heavy (non-hydrogen) atoms. The number of hydrogen-bond donors (Lipinski definition) is 0. The molecular weight excluding hydrogens is 489 g/mol. The molecule has 10 heteroatoms. The fourth-order valence-corrected chi connectivity index (χ4v) is 5.64. The van der Waals surface area contributed by atoms with Gasteiger partial charge in [-0.25, -0.2) is 18.2 Å². The quantitative estimate of drug-likeness (QED) is 0.269. The summed E-state index contributed by atoms with van der Waals surface area (Å²) in [6, 6.07) is 6.20. The van der Waals surface area contributed by atoms with E-state index in [1.165, 1.54) is 0 Å². The molecule has 0 bridgehead atoms. The lowest BCUT2D eigenvalue weighted by molar-refractivity contribution is -0.226. The van der Waals surface area contributed by atoms with E-state index >= 15 is 0 Å². The Labute approximate surface area is 203 Å². The second kappa shape index (κ2) is 9.63. The zero-order valence-corrected chi connectivity index (χ0v) is 19.7. The van der Waals surface area contributed by atoms with Gasteiger partial charge in [-0.05, 0) is 49.3 Å². The summed E-state index contributed by atoms with van der Waals surface area (Å²) in [6.07, 6.45) is -0.276. The van der Waals surface area contributed by atoms with Gasteiger partial charge in [-0.15, -0.1) is 11.3 Å². The molecule has 5 rings (SSSR count). The molecule has 0 unspecified atom stereocenters. The van der Waals surface area contributed by atoms with Gasteiger partial charge in [0.25, 0.3) is 0 Å². The summed E-state index contributed by atoms with van der Waals surface area (Å²) in [5.74, 6) is -4.75. The van der Waals surface area contributed by atoms with Gasteiger partial charge >= 0.3 is 6.11 Å². The molecule has 1 aliphatic carbocycles.